The molecule has 0 aliphatic heterocycles. The molecule has 2 N–H and O–H groups in total. The van der Waals surface area contributed by atoms with Crippen molar-refractivity contribution in [2.24, 2.45) is 7.05 Å². The predicted molar refractivity (Wildman–Crippen MR) is 95.5 cm³/mol. The molecule has 0 saturated carbocycles. The van der Waals surface area contributed by atoms with E-state index in [1.54, 1.807) is 19.2 Å². The van der Waals surface area contributed by atoms with Crippen molar-refractivity contribution in [3.8, 4) is 0 Å². The standard InChI is InChI=1S/C17H21ClN4O2/c1-4-11(2)21-16(23)13-7-5-12(6-8-13)9-19-14-10-20-22(3)17(24)15(14)18/h5-8,10-11,19H,4,9H2,1-3H3,(H,21,23)/t11-/m1/s1. The summed E-state index contributed by atoms with van der Waals surface area (Å²) in [6.45, 7) is 4.47. The zero-order valence-electron chi connectivity index (χ0n) is 14.0. The summed E-state index contributed by atoms with van der Waals surface area (Å²) in [6, 6.07) is 7.42. The first kappa shape index (κ1) is 18.0. The van der Waals surface area contributed by atoms with Crippen molar-refractivity contribution in [3.05, 3.63) is 57.0 Å². The minimum Gasteiger partial charge on any atom is -0.378 e. The number of carbonyl (C=O) groups excluding carboxylic acids is 1. The highest BCUT2D eigenvalue weighted by atomic mass is 35.5. The molecule has 7 heteroatoms. The SMILES string of the molecule is CC[C@@H](C)NC(=O)c1ccc(CNc2cnn(C)c(=O)c2Cl)cc1. The fraction of sp³-hybridized carbons (Fsp3) is 0.353. The van der Waals surface area contributed by atoms with Gasteiger partial charge >= 0.3 is 0 Å². The third-order valence-corrected chi connectivity index (χ3v) is 4.13. The number of amides is 1. The van der Waals surface area contributed by atoms with E-state index in [0.717, 1.165) is 12.0 Å². The monoisotopic (exact) mass is 348 g/mol. The second-order valence-corrected chi connectivity index (χ2v) is 6.01. The van der Waals surface area contributed by atoms with Crippen LogP contribution in [0.1, 0.15) is 36.2 Å². The average Bonchev–Trinajstić information content (AvgIpc) is 2.59. The third-order valence-electron chi connectivity index (χ3n) is 3.77. The Labute approximate surface area is 145 Å². The molecule has 0 aliphatic carbocycles. The maximum atomic E-state index is 12.0. The fourth-order valence-corrected chi connectivity index (χ4v) is 2.25. The molecule has 6 nitrogen and oxygen atoms in total. The first-order chi connectivity index (χ1) is 11.4. The maximum absolute atomic E-state index is 12.0. The van der Waals surface area contributed by atoms with Crippen LogP contribution in [0.15, 0.2) is 35.3 Å². The van der Waals surface area contributed by atoms with E-state index < -0.39 is 0 Å². The van der Waals surface area contributed by atoms with Crippen molar-refractivity contribution in [1.29, 1.82) is 0 Å². The summed E-state index contributed by atoms with van der Waals surface area (Å²) < 4.78 is 1.18. The molecule has 1 atom stereocenters. The van der Waals surface area contributed by atoms with Crippen LogP contribution in [0.25, 0.3) is 0 Å². The molecule has 24 heavy (non-hydrogen) atoms. The lowest BCUT2D eigenvalue weighted by atomic mass is 10.1. The van der Waals surface area contributed by atoms with Crippen LogP contribution in [0.2, 0.25) is 5.02 Å². The summed E-state index contributed by atoms with van der Waals surface area (Å²) in [7, 11) is 1.54. The van der Waals surface area contributed by atoms with Gasteiger partial charge in [-0.15, -0.1) is 0 Å². The number of benzene rings is 1. The molecule has 1 amide bonds. The Morgan fingerprint density at radius 1 is 1.33 bits per heavy atom. The van der Waals surface area contributed by atoms with Crippen LogP contribution in [-0.2, 0) is 13.6 Å². The number of nitrogens with one attached hydrogen (secondary N) is 2. The van der Waals surface area contributed by atoms with Crippen LogP contribution in [0, 0.1) is 0 Å². The van der Waals surface area contributed by atoms with Crippen molar-refractivity contribution in [3.63, 3.8) is 0 Å². The molecule has 1 aromatic heterocycles. The Morgan fingerprint density at radius 3 is 2.62 bits per heavy atom. The van der Waals surface area contributed by atoms with E-state index in [1.807, 2.05) is 26.0 Å². The Bertz CT molecular complexity index is 771. The molecule has 0 fully saturated rings. The zero-order chi connectivity index (χ0) is 17.7. The number of hydrogen-bond donors (Lipinski definition) is 2. The third kappa shape index (κ3) is 4.35. The minimum absolute atomic E-state index is 0.0809. The van der Waals surface area contributed by atoms with Gasteiger partial charge in [0.15, 0.2) is 0 Å². The van der Waals surface area contributed by atoms with Crippen molar-refractivity contribution in [2.45, 2.75) is 32.9 Å². The van der Waals surface area contributed by atoms with Crippen molar-refractivity contribution < 1.29 is 4.79 Å². The fourth-order valence-electron chi connectivity index (χ4n) is 2.01. The second-order valence-electron chi connectivity index (χ2n) is 5.63. The number of aryl methyl sites for hydroxylation is 1. The number of halogens is 1. The molecule has 0 spiro atoms. The first-order valence-electron chi connectivity index (χ1n) is 7.77. The Hall–Kier alpha value is -2.34. The Morgan fingerprint density at radius 2 is 2.00 bits per heavy atom. The Kier molecular flexibility index (Phi) is 5.98. The van der Waals surface area contributed by atoms with Gasteiger partial charge in [0, 0.05) is 25.2 Å². The van der Waals surface area contributed by atoms with Crippen LogP contribution >= 0.6 is 11.6 Å². The van der Waals surface area contributed by atoms with E-state index in [4.69, 9.17) is 11.6 Å². The molecule has 0 radical (unpaired) electrons. The molecule has 0 aliphatic rings. The zero-order valence-corrected chi connectivity index (χ0v) is 14.7. The number of carbonyl (C=O) groups is 1. The van der Waals surface area contributed by atoms with E-state index in [9.17, 15) is 9.59 Å². The highest BCUT2D eigenvalue weighted by Gasteiger charge is 2.09. The van der Waals surface area contributed by atoms with Gasteiger partial charge in [-0.3, -0.25) is 9.59 Å². The lowest BCUT2D eigenvalue weighted by Gasteiger charge is -2.12. The maximum Gasteiger partial charge on any atom is 0.287 e. The summed E-state index contributed by atoms with van der Waals surface area (Å²) in [4.78, 5) is 23.7. The second kappa shape index (κ2) is 7.97. The van der Waals surface area contributed by atoms with E-state index in [1.165, 1.54) is 10.9 Å². The largest absolute Gasteiger partial charge is 0.378 e. The molecule has 0 saturated heterocycles. The predicted octanol–water partition coefficient (Wildman–Crippen LogP) is 2.57. The molecular formula is C17H21ClN4O2. The van der Waals surface area contributed by atoms with Crippen molar-refractivity contribution in [2.75, 3.05) is 5.32 Å². The number of anilines is 1. The van der Waals surface area contributed by atoms with Gasteiger partial charge < -0.3 is 10.6 Å². The molecule has 0 unspecified atom stereocenters. The number of rotatable bonds is 6. The molecule has 1 aromatic carbocycles. The minimum atomic E-state index is -0.348. The number of aromatic nitrogens is 2. The van der Waals surface area contributed by atoms with Crippen LogP contribution in [0.3, 0.4) is 0 Å². The van der Waals surface area contributed by atoms with Crippen molar-refractivity contribution in [1.82, 2.24) is 15.1 Å². The van der Waals surface area contributed by atoms with Gasteiger partial charge in [-0.2, -0.15) is 5.10 Å². The van der Waals surface area contributed by atoms with Gasteiger partial charge in [-0.05, 0) is 31.0 Å². The Balaban J connectivity index is 2.01. The highest BCUT2D eigenvalue weighted by molar-refractivity contribution is 6.32. The van der Waals surface area contributed by atoms with E-state index >= 15 is 0 Å². The van der Waals surface area contributed by atoms with Crippen LogP contribution in [0.5, 0.6) is 0 Å². The summed E-state index contributed by atoms with van der Waals surface area (Å²) in [6.07, 6.45) is 2.40. The quantitative estimate of drug-likeness (QED) is 0.841. The van der Waals surface area contributed by atoms with Gasteiger partial charge in [0.25, 0.3) is 11.5 Å². The molecule has 2 aromatic rings. The molecular weight excluding hydrogens is 328 g/mol. The first-order valence-corrected chi connectivity index (χ1v) is 8.15. The van der Waals surface area contributed by atoms with E-state index in [0.29, 0.717) is 17.8 Å². The highest BCUT2D eigenvalue weighted by Crippen LogP contribution is 2.16. The lowest BCUT2D eigenvalue weighted by molar-refractivity contribution is 0.0939. The summed E-state index contributed by atoms with van der Waals surface area (Å²) in [5.41, 5.74) is 1.72. The topological polar surface area (TPSA) is 76.0 Å². The van der Waals surface area contributed by atoms with Gasteiger partial charge in [0.1, 0.15) is 5.02 Å². The molecule has 0 bridgehead atoms. The van der Waals surface area contributed by atoms with Crippen LogP contribution in [0.4, 0.5) is 5.69 Å². The number of nitrogens with zero attached hydrogens (tertiary/aromatic N) is 2. The summed E-state index contributed by atoms with van der Waals surface area (Å²) >= 11 is 6.00. The van der Waals surface area contributed by atoms with Crippen LogP contribution in [-0.4, -0.2) is 21.7 Å². The van der Waals surface area contributed by atoms with Gasteiger partial charge in [-0.25, -0.2) is 4.68 Å². The van der Waals surface area contributed by atoms with Crippen molar-refractivity contribution >= 4 is 23.2 Å². The lowest BCUT2D eigenvalue weighted by Crippen LogP contribution is -2.31. The van der Waals surface area contributed by atoms with Gasteiger partial charge in [0.2, 0.25) is 0 Å². The molecule has 1 heterocycles. The van der Waals surface area contributed by atoms with Crippen LogP contribution < -0.4 is 16.2 Å². The average molecular weight is 349 g/mol. The smallest absolute Gasteiger partial charge is 0.287 e. The number of hydrogen-bond acceptors (Lipinski definition) is 4. The van der Waals surface area contributed by atoms with E-state index in [2.05, 4.69) is 15.7 Å². The van der Waals surface area contributed by atoms with Gasteiger partial charge in [-0.1, -0.05) is 30.7 Å². The summed E-state index contributed by atoms with van der Waals surface area (Å²) in [5.74, 6) is -0.0809. The molecule has 2 rings (SSSR count). The normalized spacial score (nSPS) is 11.8. The van der Waals surface area contributed by atoms with E-state index in [-0.39, 0.29) is 22.5 Å². The van der Waals surface area contributed by atoms with Gasteiger partial charge in [0.05, 0.1) is 11.9 Å². The summed E-state index contributed by atoms with van der Waals surface area (Å²) in [5, 5.41) is 10.0. The molecule has 128 valence electrons.